The first-order chi connectivity index (χ1) is 9.72. The number of hydrogen-bond donors (Lipinski definition) is 1. The van der Waals surface area contributed by atoms with Crippen molar-refractivity contribution < 1.29 is 14.3 Å². The highest BCUT2D eigenvalue weighted by Crippen LogP contribution is 2.23. The van der Waals surface area contributed by atoms with Crippen molar-refractivity contribution in [3.8, 4) is 11.5 Å². The van der Waals surface area contributed by atoms with E-state index in [4.69, 9.17) is 21.1 Å². The molecule has 1 aromatic carbocycles. The maximum Gasteiger partial charge on any atom is 0.255 e. The van der Waals surface area contributed by atoms with Crippen LogP contribution >= 0.6 is 11.6 Å². The summed E-state index contributed by atoms with van der Waals surface area (Å²) in [4.78, 5) is 12.1. The summed E-state index contributed by atoms with van der Waals surface area (Å²) in [5.74, 6) is 1.74. The number of amides is 1. The van der Waals surface area contributed by atoms with Crippen molar-refractivity contribution in [2.75, 3.05) is 26.6 Å². The minimum Gasteiger partial charge on any atom is -0.497 e. The summed E-state index contributed by atoms with van der Waals surface area (Å²) in [6.07, 6.45) is 4.15. The number of carbonyl (C=O) groups is 1. The van der Waals surface area contributed by atoms with E-state index in [0.29, 0.717) is 29.5 Å². The Hall–Kier alpha value is -1.42. The first-order valence-electron chi connectivity index (χ1n) is 6.79. The molecular formula is C15H22ClNO3. The van der Waals surface area contributed by atoms with E-state index < -0.39 is 0 Å². The Morgan fingerprint density at radius 2 is 1.90 bits per heavy atom. The number of carbonyl (C=O) groups excluding carboxylic acids is 1. The molecule has 1 N–H and O–H groups in total. The van der Waals surface area contributed by atoms with Gasteiger partial charge in [0.25, 0.3) is 5.91 Å². The molecule has 0 fully saturated rings. The van der Waals surface area contributed by atoms with Crippen molar-refractivity contribution in [3.05, 3.63) is 23.8 Å². The van der Waals surface area contributed by atoms with Gasteiger partial charge in [-0.1, -0.05) is 12.8 Å². The largest absolute Gasteiger partial charge is 0.497 e. The molecule has 1 amide bonds. The summed E-state index contributed by atoms with van der Waals surface area (Å²) in [5, 5.41) is 2.89. The molecule has 0 radical (unpaired) electrons. The van der Waals surface area contributed by atoms with Gasteiger partial charge in [0.05, 0.1) is 19.8 Å². The van der Waals surface area contributed by atoms with Crippen LogP contribution in [0.25, 0.3) is 0 Å². The molecule has 0 aliphatic rings. The number of alkyl halides is 1. The van der Waals surface area contributed by atoms with Crippen LogP contribution in [0.15, 0.2) is 18.2 Å². The fraction of sp³-hybridized carbons (Fsp3) is 0.533. The van der Waals surface area contributed by atoms with Gasteiger partial charge >= 0.3 is 0 Å². The number of halogens is 1. The predicted octanol–water partition coefficient (Wildman–Crippen LogP) is 3.23. The van der Waals surface area contributed by atoms with E-state index in [0.717, 1.165) is 25.7 Å². The van der Waals surface area contributed by atoms with E-state index in [1.807, 2.05) is 0 Å². The van der Waals surface area contributed by atoms with E-state index in [9.17, 15) is 4.79 Å². The summed E-state index contributed by atoms with van der Waals surface area (Å²) in [7, 11) is 3.12. The molecule has 0 aliphatic heterocycles. The standard InChI is InChI=1S/C15H22ClNO3/c1-19-12-7-8-14(20-2)13(11-12)15(18)17-10-6-4-3-5-9-16/h7-8,11H,3-6,9-10H2,1-2H3,(H,17,18). The summed E-state index contributed by atoms with van der Waals surface area (Å²) in [5.41, 5.74) is 0.493. The maximum absolute atomic E-state index is 12.1. The Bertz CT molecular complexity index is 424. The van der Waals surface area contributed by atoms with Crippen molar-refractivity contribution in [1.29, 1.82) is 0 Å². The number of nitrogens with one attached hydrogen (secondary N) is 1. The SMILES string of the molecule is COc1ccc(OC)c(C(=O)NCCCCCCCl)c1. The van der Waals surface area contributed by atoms with Crippen LogP contribution in [-0.2, 0) is 0 Å². The molecule has 1 aromatic rings. The third kappa shape index (κ3) is 5.29. The van der Waals surface area contributed by atoms with Gasteiger partial charge in [-0.3, -0.25) is 4.79 Å². The van der Waals surface area contributed by atoms with Gasteiger partial charge in [-0.25, -0.2) is 0 Å². The van der Waals surface area contributed by atoms with Gasteiger partial charge in [-0.05, 0) is 31.0 Å². The number of hydrogen-bond acceptors (Lipinski definition) is 3. The Labute approximate surface area is 125 Å². The average Bonchev–Trinajstić information content (AvgIpc) is 2.49. The van der Waals surface area contributed by atoms with Gasteiger partial charge in [0, 0.05) is 12.4 Å². The monoisotopic (exact) mass is 299 g/mol. The lowest BCUT2D eigenvalue weighted by molar-refractivity contribution is 0.0949. The number of benzene rings is 1. The summed E-state index contributed by atoms with van der Waals surface area (Å²) < 4.78 is 10.3. The highest BCUT2D eigenvalue weighted by molar-refractivity contribution is 6.17. The molecule has 0 aromatic heterocycles. The zero-order valence-corrected chi connectivity index (χ0v) is 12.8. The number of ether oxygens (including phenoxy) is 2. The molecule has 1 rings (SSSR count). The van der Waals surface area contributed by atoms with Gasteiger partial charge in [-0.15, -0.1) is 11.6 Å². The summed E-state index contributed by atoms with van der Waals surface area (Å²) in [6, 6.07) is 5.18. The van der Waals surface area contributed by atoms with Crippen LogP contribution in [0.5, 0.6) is 11.5 Å². The second-order valence-corrected chi connectivity index (χ2v) is 4.80. The maximum atomic E-state index is 12.1. The lowest BCUT2D eigenvalue weighted by atomic mass is 10.1. The van der Waals surface area contributed by atoms with Crippen molar-refractivity contribution in [2.24, 2.45) is 0 Å². The molecule has 0 bridgehead atoms. The first kappa shape index (κ1) is 16.6. The molecule has 0 saturated carbocycles. The molecule has 0 saturated heterocycles. The van der Waals surface area contributed by atoms with Crippen molar-refractivity contribution in [2.45, 2.75) is 25.7 Å². The van der Waals surface area contributed by atoms with Gasteiger partial charge in [0.15, 0.2) is 0 Å². The van der Waals surface area contributed by atoms with E-state index in [1.165, 1.54) is 0 Å². The van der Waals surface area contributed by atoms with Crippen LogP contribution < -0.4 is 14.8 Å². The lowest BCUT2D eigenvalue weighted by Crippen LogP contribution is -2.25. The zero-order valence-electron chi connectivity index (χ0n) is 12.1. The summed E-state index contributed by atoms with van der Waals surface area (Å²) in [6.45, 7) is 0.654. The fourth-order valence-corrected chi connectivity index (χ4v) is 2.05. The molecule has 4 nitrogen and oxygen atoms in total. The normalized spacial score (nSPS) is 10.2. The van der Waals surface area contributed by atoms with Crippen molar-refractivity contribution in [3.63, 3.8) is 0 Å². The average molecular weight is 300 g/mol. The number of unbranched alkanes of at least 4 members (excludes halogenated alkanes) is 3. The molecule has 0 spiro atoms. The van der Waals surface area contributed by atoms with E-state index >= 15 is 0 Å². The third-order valence-corrected chi connectivity index (χ3v) is 3.26. The minimum atomic E-state index is -0.141. The van der Waals surface area contributed by atoms with Crippen LogP contribution in [0.1, 0.15) is 36.0 Å². The second kappa shape index (κ2) is 9.48. The predicted molar refractivity (Wildman–Crippen MR) is 81.1 cm³/mol. The van der Waals surface area contributed by atoms with Gasteiger partial charge in [0.1, 0.15) is 11.5 Å². The summed E-state index contributed by atoms with van der Waals surface area (Å²) >= 11 is 5.61. The van der Waals surface area contributed by atoms with Crippen LogP contribution in [0.2, 0.25) is 0 Å². The molecule has 20 heavy (non-hydrogen) atoms. The first-order valence-corrected chi connectivity index (χ1v) is 7.32. The Morgan fingerprint density at radius 1 is 1.15 bits per heavy atom. The number of rotatable bonds is 9. The second-order valence-electron chi connectivity index (χ2n) is 4.43. The minimum absolute atomic E-state index is 0.141. The highest BCUT2D eigenvalue weighted by atomic mass is 35.5. The van der Waals surface area contributed by atoms with Crippen LogP contribution in [0, 0.1) is 0 Å². The van der Waals surface area contributed by atoms with Gasteiger partial charge in [-0.2, -0.15) is 0 Å². The molecule has 112 valence electrons. The Kier molecular flexibility index (Phi) is 7.88. The van der Waals surface area contributed by atoms with E-state index in [-0.39, 0.29) is 5.91 Å². The zero-order chi connectivity index (χ0) is 14.8. The Balaban J connectivity index is 2.49. The topological polar surface area (TPSA) is 47.6 Å². The lowest BCUT2D eigenvalue weighted by Gasteiger charge is -2.10. The number of methoxy groups -OCH3 is 2. The van der Waals surface area contributed by atoms with Gasteiger partial charge < -0.3 is 14.8 Å². The third-order valence-electron chi connectivity index (χ3n) is 3.00. The fourth-order valence-electron chi connectivity index (χ4n) is 1.86. The van der Waals surface area contributed by atoms with E-state index in [2.05, 4.69) is 5.32 Å². The quantitative estimate of drug-likeness (QED) is 0.562. The molecule has 0 unspecified atom stereocenters. The van der Waals surface area contributed by atoms with Crippen molar-refractivity contribution >= 4 is 17.5 Å². The molecule has 0 heterocycles. The highest BCUT2D eigenvalue weighted by Gasteiger charge is 2.12. The van der Waals surface area contributed by atoms with Crippen LogP contribution in [0.3, 0.4) is 0 Å². The molecular weight excluding hydrogens is 278 g/mol. The molecule has 0 aliphatic carbocycles. The smallest absolute Gasteiger partial charge is 0.255 e. The van der Waals surface area contributed by atoms with Gasteiger partial charge in [0.2, 0.25) is 0 Å². The van der Waals surface area contributed by atoms with Crippen LogP contribution in [0.4, 0.5) is 0 Å². The molecule has 5 heteroatoms. The van der Waals surface area contributed by atoms with Crippen molar-refractivity contribution in [1.82, 2.24) is 5.32 Å². The Morgan fingerprint density at radius 3 is 2.55 bits per heavy atom. The molecule has 0 atom stereocenters. The van der Waals surface area contributed by atoms with Crippen LogP contribution in [-0.4, -0.2) is 32.6 Å². The van der Waals surface area contributed by atoms with E-state index in [1.54, 1.807) is 32.4 Å².